The molecule has 0 bridgehead atoms. The molecule has 4 rings (SSSR count). The van der Waals surface area contributed by atoms with E-state index in [-0.39, 0.29) is 11.3 Å². The number of allylic oxidation sites excluding steroid dienone is 1. The van der Waals surface area contributed by atoms with Gasteiger partial charge in [-0.3, -0.25) is 0 Å². The fourth-order valence-corrected chi connectivity index (χ4v) is 4.16. The Labute approximate surface area is 162 Å². The van der Waals surface area contributed by atoms with Crippen LogP contribution in [0.15, 0.2) is 66.7 Å². The van der Waals surface area contributed by atoms with Crippen LogP contribution in [0.25, 0.3) is 17.2 Å². The maximum atomic E-state index is 10.6. The van der Waals surface area contributed by atoms with Crippen LogP contribution in [0.1, 0.15) is 54.5 Å². The second kappa shape index (κ2) is 6.42. The third-order valence-corrected chi connectivity index (χ3v) is 5.47. The Morgan fingerprint density at radius 1 is 0.852 bits per heavy atom. The molecule has 1 nitrogen and oxygen atoms in total. The molecule has 3 aromatic carbocycles. The quantitative estimate of drug-likeness (QED) is 0.535. The van der Waals surface area contributed by atoms with E-state index in [0.717, 1.165) is 16.7 Å². The molecule has 0 aromatic heterocycles. The molecule has 1 heteroatoms. The van der Waals surface area contributed by atoms with Crippen LogP contribution in [0, 0.1) is 6.92 Å². The van der Waals surface area contributed by atoms with Crippen LogP contribution in [-0.4, -0.2) is 5.11 Å². The van der Waals surface area contributed by atoms with Gasteiger partial charge >= 0.3 is 0 Å². The van der Waals surface area contributed by atoms with Crippen LogP contribution in [0.5, 0.6) is 5.75 Å². The Balaban J connectivity index is 2.02. The van der Waals surface area contributed by atoms with E-state index in [4.69, 9.17) is 0 Å². The van der Waals surface area contributed by atoms with Crippen molar-refractivity contribution in [3.05, 3.63) is 94.6 Å². The first kappa shape index (κ1) is 17.6. The Kier molecular flexibility index (Phi) is 4.19. The van der Waals surface area contributed by atoms with Crippen molar-refractivity contribution in [2.45, 2.75) is 39.0 Å². The lowest BCUT2D eigenvalue weighted by Crippen LogP contribution is -2.17. The largest absolute Gasteiger partial charge is 0.507 e. The zero-order chi connectivity index (χ0) is 19.2. The lowest BCUT2D eigenvalue weighted by atomic mass is 9.75. The van der Waals surface area contributed by atoms with Gasteiger partial charge in [-0.25, -0.2) is 0 Å². The van der Waals surface area contributed by atoms with Gasteiger partial charge in [-0.05, 0) is 52.3 Å². The van der Waals surface area contributed by atoms with Crippen molar-refractivity contribution in [3.63, 3.8) is 0 Å². The summed E-state index contributed by atoms with van der Waals surface area (Å²) in [7, 11) is 0. The van der Waals surface area contributed by atoms with Gasteiger partial charge in [0.2, 0.25) is 0 Å². The first-order chi connectivity index (χ1) is 12.9. The second-order valence-corrected chi connectivity index (χ2v) is 8.50. The van der Waals surface area contributed by atoms with E-state index < -0.39 is 0 Å². The van der Waals surface area contributed by atoms with E-state index in [1.807, 2.05) is 6.07 Å². The number of fused-ring (bicyclic) bond motifs is 1. The highest BCUT2D eigenvalue weighted by molar-refractivity contribution is 5.79. The van der Waals surface area contributed by atoms with Crippen molar-refractivity contribution < 1.29 is 5.11 Å². The minimum absolute atomic E-state index is 0.0101. The molecule has 1 aliphatic carbocycles. The van der Waals surface area contributed by atoms with Gasteiger partial charge in [0.05, 0.1) is 0 Å². The normalized spacial score (nSPS) is 15.8. The maximum absolute atomic E-state index is 10.6. The summed E-state index contributed by atoms with van der Waals surface area (Å²) in [5, 5.41) is 10.6. The molecule has 0 saturated heterocycles. The maximum Gasteiger partial charge on any atom is 0.123 e. The molecule has 0 radical (unpaired) electrons. The summed E-state index contributed by atoms with van der Waals surface area (Å²) in [5.41, 5.74) is 8.43. The molecular formula is C26H26O. The summed E-state index contributed by atoms with van der Waals surface area (Å²) in [6.45, 7) is 8.85. The molecule has 0 amide bonds. The lowest BCUT2D eigenvalue weighted by Gasteiger charge is -2.28. The van der Waals surface area contributed by atoms with Crippen molar-refractivity contribution in [2.75, 3.05) is 0 Å². The molecule has 27 heavy (non-hydrogen) atoms. The molecule has 0 aliphatic heterocycles. The van der Waals surface area contributed by atoms with E-state index >= 15 is 0 Å². The molecule has 1 N–H and O–H groups in total. The molecule has 0 fully saturated rings. The average Bonchev–Trinajstić information content (AvgIpc) is 3.06. The third-order valence-electron chi connectivity index (χ3n) is 5.47. The van der Waals surface area contributed by atoms with Crippen molar-refractivity contribution in [3.8, 4) is 16.9 Å². The Hall–Kier alpha value is -2.80. The summed E-state index contributed by atoms with van der Waals surface area (Å²) in [5.74, 6) is 0.537. The van der Waals surface area contributed by atoms with Gasteiger partial charge < -0.3 is 5.11 Å². The number of phenols is 1. The molecule has 1 aliphatic rings. The number of benzene rings is 3. The summed E-state index contributed by atoms with van der Waals surface area (Å²) in [6.07, 6.45) is 4.52. The number of hydrogen-bond donors (Lipinski definition) is 1. The topological polar surface area (TPSA) is 20.2 Å². The Morgan fingerprint density at radius 3 is 2.41 bits per heavy atom. The predicted octanol–water partition coefficient (Wildman–Crippen LogP) is 6.82. The van der Waals surface area contributed by atoms with Crippen LogP contribution in [-0.2, 0) is 5.41 Å². The van der Waals surface area contributed by atoms with Crippen LogP contribution < -0.4 is 0 Å². The number of hydrogen-bond acceptors (Lipinski definition) is 1. The number of aromatic hydroxyl groups is 1. The lowest BCUT2D eigenvalue weighted by molar-refractivity contribution is 0.477. The van der Waals surface area contributed by atoms with Gasteiger partial charge in [0.1, 0.15) is 5.75 Å². The van der Waals surface area contributed by atoms with Gasteiger partial charge in [0, 0.05) is 11.5 Å². The van der Waals surface area contributed by atoms with Crippen molar-refractivity contribution in [1.29, 1.82) is 0 Å². The van der Waals surface area contributed by atoms with Crippen molar-refractivity contribution in [1.82, 2.24) is 0 Å². The first-order valence-corrected chi connectivity index (χ1v) is 9.57. The number of phenolic OH excluding ortho intramolecular Hbond substituents is 1. The van der Waals surface area contributed by atoms with Gasteiger partial charge in [0.25, 0.3) is 0 Å². The van der Waals surface area contributed by atoms with Gasteiger partial charge in [-0.2, -0.15) is 0 Å². The third kappa shape index (κ3) is 3.08. The fourth-order valence-electron chi connectivity index (χ4n) is 4.16. The summed E-state index contributed by atoms with van der Waals surface area (Å²) in [4.78, 5) is 0. The molecule has 1 unspecified atom stereocenters. The van der Waals surface area contributed by atoms with Gasteiger partial charge in [-0.15, -0.1) is 0 Å². The molecule has 0 spiro atoms. The van der Waals surface area contributed by atoms with Crippen LogP contribution in [0.4, 0.5) is 0 Å². The molecule has 0 saturated carbocycles. The zero-order valence-corrected chi connectivity index (χ0v) is 16.5. The molecule has 0 heterocycles. The number of rotatable bonds is 2. The van der Waals surface area contributed by atoms with Gasteiger partial charge in [-0.1, -0.05) is 87.0 Å². The molecule has 3 aromatic rings. The van der Waals surface area contributed by atoms with Crippen molar-refractivity contribution in [2.24, 2.45) is 0 Å². The standard InChI is InChI=1S/C26H26O/c1-17-12-15-24(27)22(16-17)20-10-7-11-23(26(2,3)4)25(20)21-14-13-18-8-5-6-9-19(18)21/h5-16,21,27H,1-4H3. The SMILES string of the molecule is Cc1ccc(O)c(-c2cccc(C(C)(C)C)c2C2C=Cc3ccccc32)c1. The smallest absolute Gasteiger partial charge is 0.123 e. The Morgan fingerprint density at radius 2 is 1.63 bits per heavy atom. The predicted molar refractivity (Wildman–Crippen MR) is 114 cm³/mol. The van der Waals surface area contributed by atoms with E-state index in [0.29, 0.717) is 5.75 Å². The minimum atomic E-state index is 0.0101. The average molecular weight is 354 g/mol. The highest BCUT2D eigenvalue weighted by atomic mass is 16.3. The minimum Gasteiger partial charge on any atom is -0.507 e. The Bertz CT molecular complexity index is 1030. The number of aryl methyl sites for hydroxylation is 1. The summed E-state index contributed by atoms with van der Waals surface area (Å²) in [6, 6.07) is 20.9. The zero-order valence-electron chi connectivity index (χ0n) is 16.5. The summed E-state index contributed by atoms with van der Waals surface area (Å²) < 4.78 is 0. The first-order valence-electron chi connectivity index (χ1n) is 9.57. The summed E-state index contributed by atoms with van der Waals surface area (Å²) >= 11 is 0. The van der Waals surface area contributed by atoms with Gasteiger partial charge in [0.15, 0.2) is 0 Å². The fraction of sp³-hybridized carbons (Fsp3) is 0.231. The molecule has 136 valence electrons. The highest BCUT2D eigenvalue weighted by Crippen LogP contribution is 2.46. The second-order valence-electron chi connectivity index (χ2n) is 8.50. The van der Waals surface area contributed by atoms with E-state index in [1.54, 1.807) is 6.07 Å². The van der Waals surface area contributed by atoms with Crippen molar-refractivity contribution >= 4 is 6.08 Å². The molecule has 1 atom stereocenters. The van der Waals surface area contributed by atoms with E-state index in [2.05, 4.69) is 88.4 Å². The van der Waals surface area contributed by atoms with E-state index in [9.17, 15) is 5.11 Å². The monoisotopic (exact) mass is 354 g/mol. The van der Waals surface area contributed by atoms with Crippen LogP contribution in [0.3, 0.4) is 0 Å². The molecular weight excluding hydrogens is 328 g/mol. The van der Waals surface area contributed by atoms with E-state index in [1.165, 1.54) is 22.3 Å². The highest BCUT2D eigenvalue weighted by Gasteiger charge is 2.29. The van der Waals surface area contributed by atoms with Crippen LogP contribution >= 0.6 is 0 Å². The van der Waals surface area contributed by atoms with Crippen LogP contribution in [0.2, 0.25) is 0 Å².